The quantitative estimate of drug-likeness (QED) is 0.435. The summed E-state index contributed by atoms with van der Waals surface area (Å²) in [7, 11) is 0. The van der Waals surface area contributed by atoms with Crippen molar-refractivity contribution >= 4 is 12.6 Å². The fourth-order valence-electron chi connectivity index (χ4n) is 1.32. The first kappa shape index (κ1) is 10.3. The molecule has 0 radical (unpaired) electrons. The Balaban J connectivity index is 4.18. The average Bonchev–Trinajstić information content (AvgIpc) is 2.04. The Morgan fingerprint density at radius 3 is 1.55 bits per heavy atom. The van der Waals surface area contributed by atoms with E-state index in [1.165, 1.54) is 0 Å². The third-order valence-corrected chi connectivity index (χ3v) is 1.90. The normalized spacial score (nSPS) is 11.1. The third-order valence-electron chi connectivity index (χ3n) is 1.90. The van der Waals surface area contributed by atoms with Crippen molar-refractivity contribution in [2.75, 3.05) is 0 Å². The Bertz CT molecular complexity index is 114. The fourth-order valence-corrected chi connectivity index (χ4v) is 1.32. The molecule has 0 spiro atoms. The molecule has 0 heterocycles. The van der Waals surface area contributed by atoms with E-state index in [4.69, 9.17) is 0 Å². The number of hydrogen-bond donors (Lipinski definition) is 0. The summed E-state index contributed by atoms with van der Waals surface area (Å²) in [5, 5.41) is 0. The highest BCUT2D eigenvalue weighted by Crippen LogP contribution is 2.24. The van der Waals surface area contributed by atoms with Crippen LogP contribution in [0, 0.1) is 5.41 Å². The van der Waals surface area contributed by atoms with Crippen LogP contribution in [0.15, 0.2) is 0 Å². The van der Waals surface area contributed by atoms with Crippen molar-refractivity contribution in [1.82, 2.24) is 0 Å². The molecule has 0 aromatic heterocycles. The molecule has 0 fully saturated rings. The summed E-state index contributed by atoms with van der Waals surface area (Å²) < 4.78 is 0. The lowest BCUT2D eigenvalue weighted by molar-refractivity contribution is -0.127. The smallest absolute Gasteiger partial charge is 0.133 e. The second-order valence-electron chi connectivity index (χ2n) is 2.97. The van der Waals surface area contributed by atoms with Crippen LogP contribution in [0.2, 0.25) is 0 Å². The number of hydrogen-bond acceptors (Lipinski definition) is 2. The van der Waals surface area contributed by atoms with Gasteiger partial charge in [-0.05, 0) is 12.8 Å². The molecular weight excluding hydrogens is 140 g/mol. The van der Waals surface area contributed by atoms with Gasteiger partial charge in [0.25, 0.3) is 0 Å². The molecule has 0 aromatic carbocycles. The van der Waals surface area contributed by atoms with E-state index in [0.29, 0.717) is 12.8 Å². The first-order valence-corrected chi connectivity index (χ1v) is 4.17. The Morgan fingerprint density at radius 1 is 1.00 bits per heavy atom. The average molecular weight is 156 g/mol. The Morgan fingerprint density at radius 2 is 1.36 bits per heavy atom. The molecular formula is C9H16O2. The third kappa shape index (κ3) is 2.83. The predicted octanol–water partition coefficient (Wildman–Crippen LogP) is 1.97. The zero-order valence-electron chi connectivity index (χ0n) is 7.30. The number of aldehydes is 2. The van der Waals surface area contributed by atoms with Gasteiger partial charge in [0.1, 0.15) is 12.6 Å². The first-order valence-electron chi connectivity index (χ1n) is 4.17. The second-order valence-corrected chi connectivity index (χ2v) is 2.97. The van der Waals surface area contributed by atoms with Crippen LogP contribution in [0.4, 0.5) is 0 Å². The highest BCUT2D eigenvalue weighted by Gasteiger charge is 2.26. The van der Waals surface area contributed by atoms with Crippen molar-refractivity contribution in [2.24, 2.45) is 5.41 Å². The zero-order valence-corrected chi connectivity index (χ0v) is 7.30. The molecule has 2 nitrogen and oxygen atoms in total. The van der Waals surface area contributed by atoms with Crippen molar-refractivity contribution in [2.45, 2.75) is 39.5 Å². The molecule has 11 heavy (non-hydrogen) atoms. The van der Waals surface area contributed by atoms with Gasteiger partial charge in [-0.25, -0.2) is 0 Å². The second kappa shape index (κ2) is 5.05. The van der Waals surface area contributed by atoms with Gasteiger partial charge in [0, 0.05) is 0 Å². The summed E-state index contributed by atoms with van der Waals surface area (Å²) in [6.07, 6.45) is 4.75. The lowest BCUT2D eigenvalue weighted by atomic mass is 9.82. The molecule has 0 aliphatic carbocycles. The van der Waals surface area contributed by atoms with Gasteiger partial charge in [-0.3, -0.25) is 0 Å². The summed E-state index contributed by atoms with van der Waals surface area (Å²) in [6, 6.07) is 0. The molecule has 0 saturated carbocycles. The van der Waals surface area contributed by atoms with E-state index in [9.17, 15) is 9.59 Å². The van der Waals surface area contributed by atoms with Crippen molar-refractivity contribution in [3.63, 3.8) is 0 Å². The van der Waals surface area contributed by atoms with E-state index >= 15 is 0 Å². The zero-order chi connectivity index (χ0) is 8.74. The van der Waals surface area contributed by atoms with Crippen LogP contribution in [0.5, 0.6) is 0 Å². The van der Waals surface area contributed by atoms with E-state index in [2.05, 4.69) is 0 Å². The highest BCUT2D eigenvalue weighted by atomic mass is 16.1. The van der Waals surface area contributed by atoms with Crippen LogP contribution in [0.1, 0.15) is 39.5 Å². The highest BCUT2D eigenvalue weighted by molar-refractivity contribution is 5.83. The molecule has 0 aliphatic heterocycles. The van der Waals surface area contributed by atoms with E-state index < -0.39 is 5.41 Å². The number of rotatable bonds is 6. The van der Waals surface area contributed by atoms with Crippen LogP contribution >= 0.6 is 0 Å². The van der Waals surface area contributed by atoms with Crippen LogP contribution in [-0.2, 0) is 9.59 Å². The summed E-state index contributed by atoms with van der Waals surface area (Å²) in [5.74, 6) is 0. The van der Waals surface area contributed by atoms with E-state index in [0.717, 1.165) is 25.4 Å². The largest absolute Gasteiger partial charge is 0.302 e. The van der Waals surface area contributed by atoms with Crippen molar-refractivity contribution < 1.29 is 9.59 Å². The molecule has 0 aliphatic rings. The van der Waals surface area contributed by atoms with Gasteiger partial charge >= 0.3 is 0 Å². The van der Waals surface area contributed by atoms with Gasteiger partial charge < -0.3 is 9.59 Å². The van der Waals surface area contributed by atoms with Gasteiger partial charge in [-0.1, -0.05) is 26.7 Å². The first-order chi connectivity index (χ1) is 5.24. The van der Waals surface area contributed by atoms with Gasteiger partial charge in [-0.15, -0.1) is 0 Å². The standard InChI is InChI=1S/C9H16O2/c1-3-5-9(7-10,8-11)6-4-2/h7-8H,3-6H2,1-2H3. The van der Waals surface area contributed by atoms with Gasteiger partial charge in [0.05, 0.1) is 5.41 Å². The molecule has 2 heteroatoms. The van der Waals surface area contributed by atoms with Crippen LogP contribution < -0.4 is 0 Å². The molecule has 0 amide bonds. The lowest BCUT2D eigenvalue weighted by Crippen LogP contribution is -2.23. The van der Waals surface area contributed by atoms with E-state index in [1.54, 1.807) is 0 Å². The van der Waals surface area contributed by atoms with Gasteiger partial charge in [0.2, 0.25) is 0 Å². The predicted molar refractivity (Wildman–Crippen MR) is 44.4 cm³/mol. The molecule has 0 saturated heterocycles. The van der Waals surface area contributed by atoms with Crippen LogP contribution in [0.3, 0.4) is 0 Å². The van der Waals surface area contributed by atoms with Gasteiger partial charge in [-0.2, -0.15) is 0 Å². The molecule has 0 N–H and O–H groups in total. The van der Waals surface area contributed by atoms with Crippen LogP contribution in [-0.4, -0.2) is 12.6 Å². The molecule has 0 unspecified atom stereocenters. The topological polar surface area (TPSA) is 34.1 Å². The molecule has 0 atom stereocenters. The lowest BCUT2D eigenvalue weighted by Gasteiger charge is -2.18. The maximum Gasteiger partial charge on any atom is 0.133 e. The van der Waals surface area contributed by atoms with Crippen LogP contribution in [0.25, 0.3) is 0 Å². The number of carbonyl (C=O) groups is 2. The van der Waals surface area contributed by atoms with Crippen molar-refractivity contribution in [1.29, 1.82) is 0 Å². The minimum atomic E-state index is -0.677. The van der Waals surface area contributed by atoms with E-state index in [-0.39, 0.29) is 0 Å². The monoisotopic (exact) mass is 156 g/mol. The van der Waals surface area contributed by atoms with E-state index in [1.807, 2.05) is 13.8 Å². The molecule has 0 aromatic rings. The SMILES string of the molecule is CCCC(C=O)(C=O)CCC. The fraction of sp³-hybridized carbons (Fsp3) is 0.778. The minimum Gasteiger partial charge on any atom is -0.302 e. The summed E-state index contributed by atoms with van der Waals surface area (Å²) in [6.45, 7) is 3.97. The van der Waals surface area contributed by atoms with Crippen molar-refractivity contribution in [3.8, 4) is 0 Å². The Kier molecular flexibility index (Phi) is 4.75. The maximum absolute atomic E-state index is 10.6. The van der Waals surface area contributed by atoms with Crippen molar-refractivity contribution in [3.05, 3.63) is 0 Å². The summed E-state index contributed by atoms with van der Waals surface area (Å²) >= 11 is 0. The maximum atomic E-state index is 10.6. The van der Waals surface area contributed by atoms with Gasteiger partial charge in [0.15, 0.2) is 0 Å². The molecule has 0 rings (SSSR count). The Hall–Kier alpha value is -0.660. The summed E-state index contributed by atoms with van der Waals surface area (Å²) in [5.41, 5.74) is -0.677. The molecule has 64 valence electrons. The number of carbonyl (C=O) groups excluding carboxylic acids is 2. The molecule has 0 bridgehead atoms. The summed E-state index contributed by atoms with van der Waals surface area (Å²) in [4.78, 5) is 21.2. The minimum absolute atomic E-state index is 0.677. The Labute approximate surface area is 68.0 Å².